The summed E-state index contributed by atoms with van der Waals surface area (Å²) in [6.07, 6.45) is 0. The molecule has 0 aliphatic heterocycles. The van der Waals surface area contributed by atoms with Crippen molar-refractivity contribution in [3.8, 4) is 11.1 Å². The monoisotopic (exact) mass is 260 g/mol. The normalized spacial score (nSPS) is 10.4. The van der Waals surface area contributed by atoms with E-state index in [-0.39, 0.29) is 5.56 Å². The molecule has 0 heterocycles. The van der Waals surface area contributed by atoms with Crippen LogP contribution in [0.2, 0.25) is 5.02 Å². The van der Waals surface area contributed by atoms with Crippen molar-refractivity contribution in [1.82, 2.24) is 0 Å². The first kappa shape index (κ1) is 12.7. The van der Waals surface area contributed by atoms with Gasteiger partial charge in [0, 0.05) is 5.02 Å². The van der Waals surface area contributed by atoms with Crippen molar-refractivity contribution in [3.63, 3.8) is 0 Å². The van der Waals surface area contributed by atoms with Crippen molar-refractivity contribution < 1.29 is 9.90 Å². The van der Waals surface area contributed by atoms with Crippen LogP contribution in [0.3, 0.4) is 0 Å². The Morgan fingerprint density at radius 2 is 1.83 bits per heavy atom. The minimum atomic E-state index is -0.964. The summed E-state index contributed by atoms with van der Waals surface area (Å²) in [6.45, 7) is 4.00. The predicted octanol–water partition coefficient (Wildman–Crippen LogP) is 4.32. The van der Waals surface area contributed by atoms with Crippen molar-refractivity contribution in [3.05, 3.63) is 58.1 Å². The largest absolute Gasteiger partial charge is 0.478 e. The van der Waals surface area contributed by atoms with E-state index in [0.29, 0.717) is 10.6 Å². The lowest BCUT2D eigenvalue weighted by Crippen LogP contribution is -2.00. The second kappa shape index (κ2) is 4.83. The lowest BCUT2D eigenvalue weighted by Gasteiger charge is -2.11. The third kappa shape index (κ3) is 2.24. The van der Waals surface area contributed by atoms with Crippen LogP contribution in [0.15, 0.2) is 36.4 Å². The Balaban J connectivity index is 2.71. The highest BCUT2D eigenvalue weighted by Crippen LogP contribution is 2.30. The van der Waals surface area contributed by atoms with Gasteiger partial charge in [-0.2, -0.15) is 0 Å². The van der Waals surface area contributed by atoms with Crippen LogP contribution in [0.25, 0.3) is 11.1 Å². The second-order valence-corrected chi connectivity index (χ2v) is 4.68. The van der Waals surface area contributed by atoms with Crippen molar-refractivity contribution in [2.45, 2.75) is 13.8 Å². The molecule has 18 heavy (non-hydrogen) atoms. The maximum absolute atomic E-state index is 11.3. The molecule has 0 spiro atoms. The lowest BCUT2D eigenvalue weighted by atomic mass is 9.94. The first-order chi connectivity index (χ1) is 8.50. The zero-order chi connectivity index (χ0) is 13.3. The number of hydrogen-bond donors (Lipinski definition) is 1. The molecule has 0 fully saturated rings. The summed E-state index contributed by atoms with van der Waals surface area (Å²) in [5.41, 5.74) is 4.09. The fourth-order valence-electron chi connectivity index (χ4n) is 1.97. The maximum atomic E-state index is 11.3. The number of carboxylic acid groups (broad SMARTS) is 1. The first-order valence-electron chi connectivity index (χ1n) is 5.60. The van der Waals surface area contributed by atoms with E-state index in [1.165, 1.54) is 6.07 Å². The molecular weight excluding hydrogens is 248 g/mol. The molecule has 0 unspecified atom stereocenters. The molecule has 0 amide bonds. The van der Waals surface area contributed by atoms with Gasteiger partial charge in [-0.1, -0.05) is 35.9 Å². The van der Waals surface area contributed by atoms with E-state index >= 15 is 0 Å². The van der Waals surface area contributed by atoms with Gasteiger partial charge in [-0.15, -0.1) is 0 Å². The molecule has 3 heteroatoms. The summed E-state index contributed by atoms with van der Waals surface area (Å²) in [7, 11) is 0. The average Bonchev–Trinajstić information content (AvgIpc) is 2.33. The average molecular weight is 261 g/mol. The molecule has 2 aromatic carbocycles. The number of halogens is 1. The fourth-order valence-corrected chi connectivity index (χ4v) is 2.14. The summed E-state index contributed by atoms with van der Waals surface area (Å²) in [5.74, 6) is -0.964. The van der Waals surface area contributed by atoms with Crippen LogP contribution < -0.4 is 0 Å². The van der Waals surface area contributed by atoms with E-state index in [1.807, 2.05) is 32.0 Å². The van der Waals surface area contributed by atoms with Crippen molar-refractivity contribution in [1.29, 1.82) is 0 Å². The van der Waals surface area contributed by atoms with Gasteiger partial charge >= 0.3 is 5.97 Å². The molecular formula is C15H13ClO2. The van der Waals surface area contributed by atoms with Gasteiger partial charge < -0.3 is 5.11 Å². The van der Waals surface area contributed by atoms with Gasteiger partial charge in [0.2, 0.25) is 0 Å². The number of aromatic carboxylic acids is 1. The van der Waals surface area contributed by atoms with Crippen LogP contribution in [-0.4, -0.2) is 11.1 Å². The van der Waals surface area contributed by atoms with Crippen LogP contribution in [0.5, 0.6) is 0 Å². The molecule has 0 radical (unpaired) electrons. The van der Waals surface area contributed by atoms with E-state index in [9.17, 15) is 9.90 Å². The zero-order valence-corrected chi connectivity index (χ0v) is 11.0. The Bertz CT molecular complexity index is 618. The first-order valence-corrected chi connectivity index (χ1v) is 5.98. The third-order valence-electron chi connectivity index (χ3n) is 3.11. The van der Waals surface area contributed by atoms with E-state index in [4.69, 9.17) is 11.6 Å². The fraction of sp³-hybridized carbons (Fsp3) is 0.133. The molecule has 0 atom stereocenters. The van der Waals surface area contributed by atoms with E-state index in [0.717, 1.165) is 16.7 Å². The van der Waals surface area contributed by atoms with Crippen LogP contribution in [-0.2, 0) is 0 Å². The molecule has 2 aromatic rings. The molecule has 2 nitrogen and oxygen atoms in total. The maximum Gasteiger partial charge on any atom is 0.336 e. The van der Waals surface area contributed by atoms with Crippen LogP contribution >= 0.6 is 11.6 Å². The minimum Gasteiger partial charge on any atom is -0.478 e. The van der Waals surface area contributed by atoms with Crippen molar-refractivity contribution in [2.24, 2.45) is 0 Å². The molecule has 2 rings (SSSR count). The highest BCUT2D eigenvalue weighted by Gasteiger charge is 2.14. The Kier molecular flexibility index (Phi) is 3.39. The van der Waals surface area contributed by atoms with Crippen LogP contribution in [0.4, 0.5) is 0 Å². The number of benzene rings is 2. The van der Waals surface area contributed by atoms with Gasteiger partial charge in [-0.05, 0) is 48.2 Å². The van der Waals surface area contributed by atoms with E-state index < -0.39 is 5.97 Å². The van der Waals surface area contributed by atoms with Gasteiger partial charge in [0.15, 0.2) is 0 Å². The number of carbonyl (C=O) groups is 1. The zero-order valence-electron chi connectivity index (χ0n) is 10.2. The third-order valence-corrected chi connectivity index (χ3v) is 3.34. The van der Waals surface area contributed by atoms with Gasteiger partial charge in [-0.3, -0.25) is 0 Å². The Hall–Kier alpha value is -1.80. The van der Waals surface area contributed by atoms with E-state index in [1.54, 1.807) is 12.1 Å². The lowest BCUT2D eigenvalue weighted by molar-refractivity contribution is 0.0697. The summed E-state index contributed by atoms with van der Waals surface area (Å²) in [6, 6.07) is 10.8. The Labute approximate surface area is 111 Å². The van der Waals surface area contributed by atoms with Crippen LogP contribution in [0.1, 0.15) is 21.5 Å². The number of rotatable bonds is 2. The summed E-state index contributed by atoms with van der Waals surface area (Å²) < 4.78 is 0. The van der Waals surface area contributed by atoms with E-state index in [2.05, 4.69) is 0 Å². The summed E-state index contributed by atoms with van der Waals surface area (Å²) >= 11 is 5.86. The highest BCUT2D eigenvalue weighted by atomic mass is 35.5. The minimum absolute atomic E-state index is 0.233. The van der Waals surface area contributed by atoms with Gasteiger partial charge in [0.1, 0.15) is 0 Å². The molecule has 92 valence electrons. The standard InChI is InChI=1S/C15H13ClO2/c1-9-4-3-5-12(10(9)2)13-7-6-11(16)8-14(13)15(17)18/h3-8H,1-2H3,(H,17,18). The molecule has 0 saturated carbocycles. The molecule has 0 aliphatic rings. The second-order valence-electron chi connectivity index (χ2n) is 4.24. The topological polar surface area (TPSA) is 37.3 Å². The molecule has 0 saturated heterocycles. The van der Waals surface area contributed by atoms with Gasteiger partial charge in [-0.25, -0.2) is 4.79 Å². The molecule has 0 aromatic heterocycles. The molecule has 0 aliphatic carbocycles. The van der Waals surface area contributed by atoms with Gasteiger partial charge in [0.25, 0.3) is 0 Å². The summed E-state index contributed by atoms with van der Waals surface area (Å²) in [5, 5.41) is 9.68. The Morgan fingerprint density at radius 3 is 2.50 bits per heavy atom. The highest BCUT2D eigenvalue weighted by molar-refractivity contribution is 6.31. The Morgan fingerprint density at radius 1 is 1.11 bits per heavy atom. The smallest absolute Gasteiger partial charge is 0.336 e. The summed E-state index contributed by atoms with van der Waals surface area (Å²) in [4.78, 5) is 11.3. The number of carboxylic acids is 1. The SMILES string of the molecule is Cc1cccc(-c2ccc(Cl)cc2C(=O)O)c1C. The number of hydrogen-bond acceptors (Lipinski definition) is 1. The number of aryl methyl sites for hydroxylation is 1. The van der Waals surface area contributed by atoms with Gasteiger partial charge in [0.05, 0.1) is 5.56 Å². The van der Waals surface area contributed by atoms with Crippen LogP contribution in [0, 0.1) is 13.8 Å². The van der Waals surface area contributed by atoms with Crippen molar-refractivity contribution >= 4 is 17.6 Å². The molecule has 1 N–H and O–H groups in total. The predicted molar refractivity (Wildman–Crippen MR) is 73.3 cm³/mol. The van der Waals surface area contributed by atoms with Crippen molar-refractivity contribution in [2.75, 3.05) is 0 Å². The quantitative estimate of drug-likeness (QED) is 0.873. The molecule has 0 bridgehead atoms.